The third kappa shape index (κ3) is 4.48. The van der Waals surface area contributed by atoms with Gasteiger partial charge >= 0.3 is 11.8 Å². The third-order valence-corrected chi connectivity index (χ3v) is 4.51. The summed E-state index contributed by atoms with van der Waals surface area (Å²) in [5.41, 5.74) is 1.17. The smallest absolute Gasteiger partial charge is 0.313 e. The number of anilines is 1. The molecule has 140 valence electrons. The van der Waals surface area contributed by atoms with E-state index in [-0.39, 0.29) is 12.6 Å². The van der Waals surface area contributed by atoms with Gasteiger partial charge in [0.1, 0.15) is 11.3 Å². The van der Waals surface area contributed by atoms with Gasteiger partial charge in [-0.05, 0) is 38.4 Å². The number of nitrogens with zero attached hydrogens (tertiary/aromatic N) is 1. The number of hydrogen-bond donors (Lipinski definition) is 2. The highest BCUT2D eigenvalue weighted by molar-refractivity contribution is 6.41. The molecule has 2 N–H and O–H groups in total. The summed E-state index contributed by atoms with van der Waals surface area (Å²) >= 11 is 6.00. The van der Waals surface area contributed by atoms with Gasteiger partial charge in [0.2, 0.25) is 0 Å². The number of benzene rings is 2. The summed E-state index contributed by atoms with van der Waals surface area (Å²) in [7, 11) is 3.77. The molecule has 0 bridgehead atoms. The number of halogens is 1. The van der Waals surface area contributed by atoms with E-state index < -0.39 is 11.8 Å². The minimum absolute atomic E-state index is 0.213. The SMILES string of the molecule is CN(C)[C@H](CNC(=O)C(=O)Nc1ccccc1Cl)c1cc2ccccc2o1. The van der Waals surface area contributed by atoms with E-state index in [1.165, 1.54) is 0 Å². The fourth-order valence-electron chi connectivity index (χ4n) is 2.72. The van der Waals surface area contributed by atoms with Crippen LogP contribution in [0.5, 0.6) is 0 Å². The van der Waals surface area contributed by atoms with Gasteiger partial charge < -0.3 is 15.1 Å². The van der Waals surface area contributed by atoms with Crippen LogP contribution in [0.15, 0.2) is 59.0 Å². The van der Waals surface area contributed by atoms with Crippen LogP contribution in [0.3, 0.4) is 0 Å². The number of likely N-dealkylation sites (N-methyl/N-ethyl adjacent to an activating group) is 1. The third-order valence-electron chi connectivity index (χ3n) is 4.18. The van der Waals surface area contributed by atoms with Crippen molar-refractivity contribution in [3.8, 4) is 0 Å². The molecule has 27 heavy (non-hydrogen) atoms. The lowest BCUT2D eigenvalue weighted by atomic mass is 10.2. The molecule has 2 aromatic carbocycles. The molecule has 0 spiro atoms. The molecule has 0 aliphatic rings. The van der Waals surface area contributed by atoms with Crippen LogP contribution in [-0.4, -0.2) is 37.4 Å². The molecule has 1 heterocycles. The lowest BCUT2D eigenvalue weighted by Gasteiger charge is -2.22. The zero-order chi connectivity index (χ0) is 19.4. The molecule has 0 fully saturated rings. The Hall–Kier alpha value is -2.83. The van der Waals surface area contributed by atoms with Gasteiger partial charge in [-0.1, -0.05) is 41.9 Å². The maximum atomic E-state index is 12.2. The van der Waals surface area contributed by atoms with Crippen LogP contribution in [0.2, 0.25) is 5.02 Å². The lowest BCUT2D eigenvalue weighted by Crippen LogP contribution is -2.40. The van der Waals surface area contributed by atoms with Gasteiger partial charge in [-0.15, -0.1) is 0 Å². The van der Waals surface area contributed by atoms with E-state index in [0.29, 0.717) is 16.5 Å². The van der Waals surface area contributed by atoms with Crippen molar-refractivity contribution in [2.45, 2.75) is 6.04 Å². The molecule has 0 saturated heterocycles. The number of fused-ring (bicyclic) bond motifs is 1. The molecule has 0 aliphatic heterocycles. The van der Waals surface area contributed by atoms with Crippen LogP contribution in [0, 0.1) is 0 Å². The Bertz CT molecular complexity index is 935. The summed E-state index contributed by atoms with van der Waals surface area (Å²) in [5, 5.41) is 6.51. The quantitative estimate of drug-likeness (QED) is 0.660. The first-order chi connectivity index (χ1) is 13.0. The van der Waals surface area contributed by atoms with Crippen molar-refractivity contribution < 1.29 is 14.0 Å². The molecule has 0 unspecified atom stereocenters. The highest BCUT2D eigenvalue weighted by Crippen LogP contribution is 2.26. The maximum Gasteiger partial charge on any atom is 0.313 e. The van der Waals surface area contributed by atoms with Gasteiger partial charge in [-0.25, -0.2) is 0 Å². The van der Waals surface area contributed by atoms with E-state index in [0.717, 1.165) is 11.0 Å². The number of rotatable bonds is 5. The number of carbonyl (C=O) groups is 2. The Morgan fingerprint density at radius 2 is 1.78 bits per heavy atom. The maximum absolute atomic E-state index is 12.2. The molecule has 2 amide bonds. The molecular weight excluding hydrogens is 366 g/mol. The number of nitrogens with one attached hydrogen (secondary N) is 2. The molecule has 0 radical (unpaired) electrons. The monoisotopic (exact) mass is 385 g/mol. The van der Waals surface area contributed by atoms with Crippen LogP contribution in [0.25, 0.3) is 11.0 Å². The Balaban J connectivity index is 1.66. The summed E-state index contributed by atoms with van der Waals surface area (Å²) in [6.07, 6.45) is 0. The molecule has 0 aliphatic carbocycles. The molecule has 0 saturated carbocycles. The summed E-state index contributed by atoms with van der Waals surface area (Å²) < 4.78 is 5.88. The zero-order valence-corrected chi connectivity index (χ0v) is 15.8. The Morgan fingerprint density at radius 3 is 2.48 bits per heavy atom. The van der Waals surface area contributed by atoms with Crippen molar-refractivity contribution >= 4 is 40.1 Å². The second-order valence-electron chi connectivity index (χ2n) is 6.31. The van der Waals surface area contributed by atoms with Crippen LogP contribution in [-0.2, 0) is 9.59 Å². The first-order valence-corrected chi connectivity index (χ1v) is 8.82. The fraction of sp³-hybridized carbons (Fsp3) is 0.200. The van der Waals surface area contributed by atoms with E-state index in [1.807, 2.05) is 49.3 Å². The number of carbonyl (C=O) groups excluding carboxylic acids is 2. The predicted octanol–water partition coefficient (Wildman–Crippen LogP) is 3.44. The van der Waals surface area contributed by atoms with Crippen molar-refractivity contribution in [3.63, 3.8) is 0 Å². The van der Waals surface area contributed by atoms with Crippen molar-refractivity contribution in [2.24, 2.45) is 0 Å². The highest BCUT2D eigenvalue weighted by atomic mass is 35.5. The van der Waals surface area contributed by atoms with Gasteiger partial charge in [-0.3, -0.25) is 14.5 Å². The van der Waals surface area contributed by atoms with Gasteiger partial charge in [0.15, 0.2) is 0 Å². The van der Waals surface area contributed by atoms with Gasteiger partial charge in [0.25, 0.3) is 0 Å². The van der Waals surface area contributed by atoms with Crippen LogP contribution in [0.1, 0.15) is 11.8 Å². The van der Waals surface area contributed by atoms with Gasteiger partial charge in [0, 0.05) is 11.9 Å². The second-order valence-corrected chi connectivity index (χ2v) is 6.72. The Labute approximate surface area is 162 Å². The number of hydrogen-bond acceptors (Lipinski definition) is 4. The molecule has 1 atom stereocenters. The Kier molecular flexibility index (Phi) is 5.78. The number of furan rings is 1. The standard InChI is InChI=1S/C20H20ClN3O3/c1-24(2)16(18-11-13-7-3-6-10-17(13)27-18)12-22-19(25)20(26)23-15-9-5-4-8-14(15)21/h3-11,16H,12H2,1-2H3,(H,22,25)(H,23,26)/t16-/m1/s1. The van der Waals surface area contributed by atoms with Crippen LogP contribution < -0.4 is 10.6 Å². The van der Waals surface area contributed by atoms with E-state index in [9.17, 15) is 9.59 Å². The van der Waals surface area contributed by atoms with Crippen molar-refractivity contribution in [1.29, 1.82) is 0 Å². The number of amides is 2. The predicted molar refractivity (Wildman–Crippen MR) is 106 cm³/mol. The normalized spacial score (nSPS) is 12.1. The highest BCUT2D eigenvalue weighted by Gasteiger charge is 2.22. The van der Waals surface area contributed by atoms with Crippen molar-refractivity contribution in [3.05, 3.63) is 65.4 Å². The second kappa shape index (κ2) is 8.24. The molecule has 3 rings (SSSR count). The minimum Gasteiger partial charge on any atom is -0.459 e. The summed E-state index contributed by atoms with van der Waals surface area (Å²) in [4.78, 5) is 26.2. The van der Waals surface area contributed by atoms with Crippen molar-refractivity contribution in [1.82, 2.24) is 10.2 Å². The first kappa shape index (κ1) is 18.9. The van der Waals surface area contributed by atoms with E-state index in [4.69, 9.17) is 16.0 Å². The average Bonchev–Trinajstić information content (AvgIpc) is 3.06. The fourth-order valence-corrected chi connectivity index (χ4v) is 2.90. The molecular formula is C20H20ClN3O3. The summed E-state index contributed by atoms with van der Waals surface area (Å²) in [5.74, 6) is -0.795. The van der Waals surface area contributed by atoms with Crippen LogP contribution in [0.4, 0.5) is 5.69 Å². The largest absolute Gasteiger partial charge is 0.459 e. The molecule has 1 aromatic heterocycles. The number of para-hydroxylation sites is 2. The van der Waals surface area contributed by atoms with Crippen molar-refractivity contribution in [2.75, 3.05) is 26.0 Å². The average molecular weight is 386 g/mol. The van der Waals surface area contributed by atoms with E-state index >= 15 is 0 Å². The van der Waals surface area contributed by atoms with E-state index in [1.54, 1.807) is 24.3 Å². The zero-order valence-electron chi connectivity index (χ0n) is 15.0. The van der Waals surface area contributed by atoms with E-state index in [2.05, 4.69) is 10.6 Å². The minimum atomic E-state index is -0.773. The topological polar surface area (TPSA) is 74.6 Å². The first-order valence-electron chi connectivity index (χ1n) is 8.44. The summed E-state index contributed by atoms with van der Waals surface area (Å²) in [6, 6.07) is 16.2. The molecule has 6 nitrogen and oxygen atoms in total. The lowest BCUT2D eigenvalue weighted by molar-refractivity contribution is -0.136. The van der Waals surface area contributed by atoms with Crippen LogP contribution >= 0.6 is 11.6 Å². The van der Waals surface area contributed by atoms with Gasteiger partial charge in [-0.2, -0.15) is 0 Å². The Morgan fingerprint density at radius 1 is 1.07 bits per heavy atom. The summed E-state index contributed by atoms with van der Waals surface area (Å²) in [6.45, 7) is 0.224. The van der Waals surface area contributed by atoms with Gasteiger partial charge in [0.05, 0.1) is 16.8 Å². The molecule has 7 heteroatoms. The molecule has 3 aromatic rings.